The molecular formula is C18H29N3O3. The molecule has 1 aliphatic rings. The zero-order chi connectivity index (χ0) is 17.6. The van der Waals surface area contributed by atoms with Gasteiger partial charge < -0.3 is 25.4 Å². The summed E-state index contributed by atoms with van der Waals surface area (Å²) in [5.74, 6) is 1.31. The molecule has 2 rings (SSSR count). The summed E-state index contributed by atoms with van der Waals surface area (Å²) in [6.07, 6.45) is 1.53. The van der Waals surface area contributed by atoms with Crippen LogP contribution in [0.2, 0.25) is 0 Å². The molecule has 0 unspecified atom stereocenters. The van der Waals surface area contributed by atoms with Crippen molar-refractivity contribution in [2.45, 2.75) is 38.8 Å². The number of ether oxygens (including phenoxy) is 2. The maximum Gasteiger partial charge on any atom is 0.240 e. The number of likely N-dealkylation sites (N-methyl/N-ethyl adjacent to an activating group) is 1. The molecule has 0 radical (unpaired) electrons. The average Bonchev–Trinajstić information content (AvgIpc) is 3.36. The fraction of sp³-hybridized carbons (Fsp3) is 0.611. The predicted octanol–water partition coefficient (Wildman–Crippen LogP) is 1.52. The number of hydrogen-bond acceptors (Lipinski definition) is 5. The SMILES string of the molecule is CCN(CC)CCOc1ccc(CNC(=O)C2(N)CC2)cc1OC. The smallest absolute Gasteiger partial charge is 0.240 e. The second-order valence-electron chi connectivity index (χ2n) is 6.20. The Balaban J connectivity index is 1.88. The van der Waals surface area contributed by atoms with Crippen molar-refractivity contribution < 1.29 is 14.3 Å². The van der Waals surface area contributed by atoms with Gasteiger partial charge in [-0.3, -0.25) is 4.79 Å². The molecule has 0 saturated heterocycles. The van der Waals surface area contributed by atoms with E-state index < -0.39 is 5.54 Å². The minimum atomic E-state index is -0.641. The highest BCUT2D eigenvalue weighted by atomic mass is 16.5. The highest BCUT2D eigenvalue weighted by Gasteiger charge is 2.45. The van der Waals surface area contributed by atoms with E-state index in [-0.39, 0.29) is 5.91 Å². The van der Waals surface area contributed by atoms with E-state index in [0.29, 0.717) is 18.9 Å². The quantitative estimate of drug-likeness (QED) is 0.678. The second kappa shape index (κ2) is 8.35. The van der Waals surface area contributed by atoms with Crippen molar-refractivity contribution in [2.24, 2.45) is 5.73 Å². The molecule has 6 heteroatoms. The maximum absolute atomic E-state index is 11.9. The first kappa shape index (κ1) is 18.5. The Bertz CT molecular complexity index is 554. The topological polar surface area (TPSA) is 76.8 Å². The lowest BCUT2D eigenvalue weighted by Gasteiger charge is -2.19. The summed E-state index contributed by atoms with van der Waals surface area (Å²) < 4.78 is 11.2. The Kier molecular flexibility index (Phi) is 6.45. The molecule has 1 aromatic carbocycles. The van der Waals surface area contributed by atoms with Crippen LogP contribution in [0.1, 0.15) is 32.3 Å². The number of amides is 1. The van der Waals surface area contributed by atoms with Crippen molar-refractivity contribution in [1.29, 1.82) is 0 Å². The molecule has 1 amide bonds. The minimum Gasteiger partial charge on any atom is -0.493 e. The van der Waals surface area contributed by atoms with Crippen LogP contribution in [0.4, 0.5) is 0 Å². The zero-order valence-corrected chi connectivity index (χ0v) is 14.9. The number of carbonyl (C=O) groups is 1. The van der Waals surface area contributed by atoms with Gasteiger partial charge in [-0.25, -0.2) is 0 Å². The highest BCUT2D eigenvalue weighted by Crippen LogP contribution is 2.32. The summed E-state index contributed by atoms with van der Waals surface area (Å²) in [5, 5.41) is 2.88. The Morgan fingerprint density at radius 3 is 2.58 bits per heavy atom. The van der Waals surface area contributed by atoms with Crippen LogP contribution in [-0.4, -0.2) is 49.7 Å². The van der Waals surface area contributed by atoms with Gasteiger partial charge in [0.1, 0.15) is 6.61 Å². The second-order valence-corrected chi connectivity index (χ2v) is 6.20. The molecule has 0 spiro atoms. The third kappa shape index (κ3) is 4.85. The van der Waals surface area contributed by atoms with Gasteiger partial charge in [0.05, 0.1) is 12.6 Å². The number of nitrogens with zero attached hydrogens (tertiary/aromatic N) is 1. The van der Waals surface area contributed by atoms with Crippen molar-refractivity contribution in [2.75, 3.05) is 33.4 Å². The fourth-order valence-corrected chi connectivity index (χ4v) is 2.49. The predicted molar refractivity (Wildman–Crippen MR) is 94.3 cm³/mol. The first-order valence-corrected chi connectivity index (χ1v) is 8.61. The summed E-state index contributed by atoms with van der Waals surface area (Å²) in [7, 11) is 1.62. The monoisotopic (exact) mass is 335 g/mol. The van der Waals surface area contributed by atoms with Gasteiger partial charge in [-0.05, 0) is 43.6 Å². The van der Waals surface area contributed by atoms with Crippen LogP contribution >= 0.6 is 0 Å². The fourth-order valence-electron chi connectivity index (χ4n) is 2.49. The molecule has 1 aromatic rings. The van der Waals surface area contributed by atoms with Crippen molar-refractivity contribution in [3.05, 3.63) is 23.8 Å². The van der Waals surface area contributed by atoms with Crippen molar-refractivity contribution in [3.63, 3.8) is 0 Å². The van der Waals surface area contributed by atoms with Gasteiger partial charge in [0, 0.05) is 13.1 Å². The molecule has 0 atom stereocenters. The maximum atomic E-state index is 11.9. The lowest BCUT2D eigenvalue weighted by molar-refractivity contribution is -0.123. The molecule has 1 saturated carbocycles. The van der Waals surface area contributed by atoms with E-state index in [9.17, 15) is 4.79 Å². The molecule has 0 aliphatic heterocycles. The van der Waals surface area contributed by atoms with Gasteiger partial charge in [-0.2, -0.15) is 0 Å². The molecule has 3 N–H and O–H groups in total. The van der Waals surface area contributed by atoms with E-state index in [1.807, 2.05) is 18.2 Å². The molecule has 0 aromatic heterocycles. The molecule has 134 valence electrons. The van der Waals surface area contributed by atoms with Gasteiger partial charge in [0.25, 0.3) is 0 Å². The normalized spacial score (nSPS) is 15.2. The Hall–Kier alpha value is -1.79. The molecule has 0 heterocycles. The lowest BCUT2D eigenvalue weighted by Crippen LogP contribution is -2.42. The largest absolute Gasteiger partial charge is 0.493 e. The number of methoxy groups -OCH3 is 1. The molecule has 1 aliphatic carbocycles. The van der Waals surface area contributed by atoms with Crippen molar-refractivity contribution in [1.82, 2.24) is 10.2 Å². The summed E-state index contributed by atoms with van der Waals surface area (Å²) in [6, 6.07) is 5.71. The van der Waals surface area contributed by atoms with Crippen LogP contribution in [0.15, 0.2) is 18.2 Å². The highest BCUT2D eigenvalue weighted by molar-refractivity contribution is 5.88. The summed E-state index contributed by atoms with van der Waals surface area (Å²) in [6.45, 7) is 8.24. The Morgan fingerprint density at radius 2 is 2.00 bits per heavy atom. The minimum absolute atomic E-state index is 0.0824. The van der Waals surface area contributed by atoms with Crippen LogP contribution < -0.4 is 20.5 Å². The van der Waals surface area contributed by atoms with E-state index in [1.165, 1.54) is 0 Å². The first-order valence-electron chi connectivity index (χ1n) is 8.61. The number of rotatable bonds is 10. The Labute approximate surface area is 144 Å². The average molecular weight is 335 g/mol. The van der Waals surface area contributed by atoms with Gasteiger partial charge in [0.2, 0.25) is 5.91 Å². The van der Waals surface area contributed by atoms with Crippen molar-refractivity contribution >= 4 is 5.91 Å². The van der Waals surface area contributed by atoms with E-state index in [4.69, 9.17) is 15.2 Å². The van der Waals surface area contributed by atoms with Gasteiger partial charge in [-0.15, -0.1) is 0 Å². The summed E-state index contributed by atoms with van der Waals surface area (Å²) in [4.78, 5) is 14.2. The van der Waals surface area contributed by atoms with Crippen LogP contribution in [0, 0.1) is 0 Å². The van der Waals surface area contributed by atoms with E-state index in [1.54, 1.807) is 7.11 Å². The molecule has 0 bridgehead atoms. The van der Waals surface area contributed by atoms with Crippen molar-refractivity contribution in [3.8, 4) is 11.5 Å². The molecule has 6 nitrogen and oxygen atoms in total. The number of benzene rings is 1. The molecule has 1 fully saturated rings. The third-order valence-electron chi connectivity index (χ3n) is 4.48. The van der Waals surface area contributed by atoms with Crippen LogP contribution in [0.3, 0.4) is 0 Å². The summed E-state index contributed by atoms with van der Waals surface area (Å²) in [5.41, 5.74) is 6.19. The van der Waals surface area contributed by atoms with E-state index >= 15 is 0 Å². The van der Waals surface area contributed by atoms with Crippen LogP contribution in [0.5, 0.6) is 11.5 Å². The van der Waals surface area contributed by atoms with E-state index in [0.717, 1.165) is 43.8 Å². The number of hydrogen-bond donors (Lipinski definition) is 2. The summed E-state index contributed by atoms with van der Waals surface area (Å²) >= 11 is 0. The number of nitrogens with two attached hydrogens (primary N) is 1. The zero-order valence-electron chi connectivity index (χ0n) is 14.9. The number of nitrogens with one attached hydrogen (secondary N) is 1. The lowest BCUT2D eigenvalue weighted by atomic mass is 10.2. The number of carbonyl (C=O) groups excluding carboxylic acids is 1. The molecular weight excluding hydrogens is 306 g/mol. The van der Waals surface area contributed by atoms with Gasteiger partial charge in [-0.1, -0.05) is 19.9 Å². The van der Waals surface area contributed by atoms with Crippen LogP contribution in [-0.2, 0) is 11.3 Å². The van der Waals surface area contributed by atoms with E-state index in [2.05, 4.69) is 24.1 Å². The third-order valence-corrected chi connectivity index (χ3v) is 4.48. The van der Waals surface area contributed by atoms with Gasteiger partial charge >= 0.3 is 0 Å². The van der Waals surface area contributed by atoms with Crippen LogP contribution in [0.25, 0.3) is 0 Å². The first-order chi connectivity index (χ1) is 11.5. The van der Waals surface area contributed by atoms with Gasteiger partial charge in [0.15, 0.2) is 11.5 Å². The standard InChI is InChI=1S/C18H29N3O3/c1-4-21(5-2)10-11-24-15-7-6-14(12-16(15)23-3)13-20-17(22)18(19)8-9-18/h6-7,12H,4-5,8-11,13,19H2,1-3H3,(H,20,22). The Morgan fingerprint density at radius 1 is 1.29 bits per heavy atom. The molecule has 24 heavy (non-hydrogen) atoms.